The summed E-state index contributed by atoms with van der Waals surface area (Å²) in [6.45, 7) is 0.533. The van der Waals surface area contributed by atoms with Crippen molar-refractivity contribution in [2.75, 3.05) is 36.2 Å². The molecule has 2 rings (SSSR count). The smallest absolute Gasteiger partial charge is 0.226 e. The van der Waals surface area contributed by atoms with Gasteiger partial charge >= 0.3 is 0 Å². The van der Waals surface area contributed by atoms with Crippen LogP contribution >= 0.6 is 23.2 Å². The van der Waals surface area contributed by atoms with E-state index in [4.69, 9.17) is 23.2 Å². The topological polar surface area (TPSA) is 44.4 Å². The Bertz CT molecular complexity index is 672. The Morgan fingerprint density at radius 1 is 1.09 bits per heavy atom. The van der Waals surface area contributed by atoms with Crippen molar-refractivity contribution in [3.05, 3.63) is 52.5 Å². The Morgan fingerprint density at radius 3 is 2.43 bits per heavy atom. The van der Waals surface area contributed by atoms with Gasteiger partial charge in [-0.2, -0.15) is 0 Å². The van der Waals surface area contributed by atoms with Gasteiger partial charge in [-0.05, 0) is 36.4 Å². The second kappa shape index (κ2) is 8.09. The molecule has 0 saturated carbocycles. The average Bonchev–Trinajstić information content (AvgIpc) is 2.52. The predicted octanol–water partition coefficient (Wildman–Crippen LogP) is 4.50. The largest absolute Gasteiger partial charge is 0.385 e. The summed E-state index contributed by atoms with van der Waals surface area (Å²) in [6.07, 6.45) is 0.332. The fourth-order valence-corrected chi connectivity index (χ4v) is 2.36. The van der Waals surface area contributed by atoms with Gasteiger partial charge in [-0.25, -0.2) is 0 Å². The lowest BCUT2D eigenvalue weighted by atomic mass is 10.2. The van der Waals surface area contributed by atoms with Gasteiger partial charge in [0.1, 0.15) is 0 Å². The first kappa shape index (κ1) is 17.4. The number of amides is 1. The van der Waals surface area contributed by atoms with Crippen molar-refractivity contribution in [1.29, 1.82) is 0 Å². The van der Waals surface area contributed by atoms with Crippen LogP contribution < -0.4 is 15.5 Å². The second-order valence-corrected chi connectivity index (χ2v) is 6.05. The molecular weight excluding hydrogens is 333 g/mol. The molecule has 23 heavy (non-hydrogen) atoms. The number of anilines is 3. The minimum absolute atomic E-state index is 0.119. The Morgan fingerprint density at radius 2 is 1.78 bits per heavy atom. The summed E-state index contributed by atoms with van der Waals surface area (Å²) in [5, 5.41) is 6.75. The van der Waals surface area contributed by atoms with Crippen molar-refractivity contribution in [3.63, 3.8) is 0 Å². The summed E-state index contributed by atoms with van der Waals surface area (Å²) in [4.78, 5) is 14.0. The molecule has 0 heterocycles. The molecule has 4 nitrogen and oxygen atoms in total. The highest BCUT2D eigenvalue weighted by Crippen LogP contribution is 2.29. The SMILES string of the molecule is CN(C)c1ccc(NCCC(=O)Nc2cccc(Cl)c2Cl)cc1. The fourth-order valence-electron chi connectivity index (χ4n) is 2.01. The quantitative estimate of drug-likeness (QED) is 0.805. The average molecular weight is 352 g/mol. The van der Waals surface area contributed by atoms with E-state index in [1.165, 1.54) is 0 Å². The van der Waals surface area contributed by atoms with Crippen LogP contribution in [-0.2, 0) is 4.79 Å². The van der Waals surface area contributed by atoms with Crippen molar-refractivity contribution in [3.8, 4) is 0 Å². The molecule has 0 spiro atoms. The van der Waals surface area contributed by atoms with Gasteiger partial charge in [-0.1, -0.05) is 29.3 Å². The van der Waals surface area contributed by atoms with Gasteiger partial charge in [-0.3, -0.25) is 4.79 Å². The third-order valence-electron chi connectivity index (χ3n) is 3.29. The molecule has 0 aromatic heterocycles. The number of carbonyl (C=O) groups excluding carboxylic acids is 1. The van der Waals surface area contributed by atoms with E-state index in [1.807, 2.05) is 43.3 Å². The zero-order valence-corrected chi connectivity index (χ0v) is 14.6. The predicted molar refractivity (Wildman–Crippen MR) is 99.0 cm³/mol. The minimum atomic E-state index is -0.119. The molecule has 0 aliphatic heterocycles. The molecule has 0 radical (unpaired) electrons. The van der Waals surface area contributed by atoms with Crippen LogP contribution in [0, 0.1) is 0 Å². The third kappa shape index (κ3) is 5.05. The number of hydrogen-bond acceptors (Lipinski definition) is 3. The fraction of sp³-hybridized carbons (Fsp3) is 0.235. The maximum absolute atomic E-state index is 12.0. The molecule has 0 fully saturated rings. The highest BCUT2D eigenvalue weighted by Gasteiger charge is 2.08. The molecule has 0 saturated heterocycles. The number of nitrogens with zero attached hydrogens (tertiary/aromatic N) is 1. The van der Waals surface area contributed by atoms with E-state index in [-0.39, 0.29) is 5.91 Å². The van der Waals surface area contributed by atoms with Crippen molar-refractivity contribution in [2.45, 2.75) is 6.42 Å². The first-order valence-corrected chi connectivity index (χ1v) is 7.98. The number of rotatable bonds is 6. The van der Waals surface area contributed by atoms with E-state index in [2.05, 4.69) is 10.6 Å². The van der Waals surface area contributed by atoms with E-state index in [1.54, 1.807) is 18.2 Å². The van der Waals surface area contributed by atoms with Gasteiger partial charge in [0.15, 0.2) is 0 Å². The van der Waals surface area contributed by atoms with E-state index in [9.17, 15) is 4.79 Å². The van der Waals surface area contributed by atoms with Gasteiger partial charge in [0.2, 0.25) is 5.91 Å². The van der Waals surface area contributed by atoms with E-state index < -0.39 is 0 Å². The molecule has 1 amide bonds. The Labute approximate surface area is 146 Å². The maximum atomic E-state index is 12.0. The van der Waals surface area contributed by atoms with Crippen LogP contribution in [0.4, 0.5) is 17.1 Å². The molecule has 0 bridgehead atoms. The van der Waals surface area contributed by atoms with Gasteiger partial charge in [0.05, 0.1) is 15.7 Å². The highest BCUT2D eigenvalue weighted by atomic mass is 35.5. The molecule has 0 unspecified atom stereocenters. The van der Waals surface area contributed by atoms with Gasteiger partial charge in [0.25, 0.3) is 0 Å². The van der Waals surface area contributed by atoms with Crippen LogP contribution in [0.25, 0.3) is 0 Å². The molecule has 2 N–H and O–H groups in total. The molecular formula is C17H19Cl2N3O. The maximum Gasteiger partial charge on any atom is 0.226 e. The Balaban J connectivity index is 1.81. The summed E-state index contributed by atoms with van der Waals surface area (Å²) >= 11 is 12.0. The molecule has 6 heteroatoms. The first-order chi connectivity index (χ1) is 11.0. The monoisotopic (exact) mass is 351 g/mol. The molecule has 2 aromatic carbocycles. The summed E-state index contributed by atoms with van der Waals surface area (Å²) in [7, 11) is 3.99. The van der Waals surface area contributed by atoms with Crippen molar-refractivity contribution in [1.82, 2.24) is 0 Å². The first-order valence-electron chi connectivity index (χ1n) is 7.22. The number of halogens is 2. The van der Waals surface area contributed by atoms with Crippen LogP contribution in [0.3, 0.4) is 0 Å². The lowest BCUT2D eigenvalue weighted by Gasteiger charge is -2.13. The molecule has 0 aliphatic rings. The molecule has 2 aromatic rings. The van der Waals surface area contributed by atoms with Gasteiger partial charge < -0.3 is 15.5 Å². The summed E-state index contributed by atoms with van der Waals surface area (Å²) in [6, 6.07) is 13.2. The van der Waals surface area contributed by atoms with Crippen molar-refractivity contribution >= 4 is 46.2 Å². The summed E-state index contributed by atoms with van der Waals surface area (Å²) in [5.74, 6) is -0.119. The highest BCUT2D eigenvalue weighted by molar-refractivity contribution is 6.43. The van der Waals surface area contributed by atoms with Crippen molar-refractivity contribution in [2.24, 2.45) is 0 Å². The van der Waals surface area contributed by atoms with E-state index in [0.717, 1.165) is 11.4 Å². The molecule has 122 valence electrons. The lowest BCUT2D eigenvalue weighted by molar-refractivity contribution is -0.115. The molecule has 0 atom stereocenters. The Kier molecular flexibility index (Phi) is 6.13. The number of nitrogens with one attached hydrogen (secondary N) is 2. The summed E-state index contributed by atoms with van der Waals surface area (Å²) < 4.78 is 0. The van der Waals surface area contributed by atoms with E-state index in [0.29, 0.717) is 28.7 Å². The zero-order valence-electron chi connectivity index (χ0n) is 13.1. The van der Waals surface area contributed by atoms with Crippen LogP contribution in [0.15, 0.2) is 42.5 Å². The normalized spacial score (nSPS) is 10.3. The van der Waals surface area contributed by atoms with Gasteiger partial charge in [0, 0.05) is 38.4 Å². The molecule has 0 aliphatic carbocycles. The minimum Gasteiger partial charge on any atom is -0.385 e. The van der Waals surface area contributed by atoms with Gasteiger partial charge in [-0.15, -0.1) is 0 Å². The number of benzene rings is 2. The van der Waals surface area contributed by atoms with Crippen LogP contribution in [0.2, 0.25) is 10.0 Å². The lowest BCUT2D eigenvalue weighted by Crippen LogP contribution is -2.16. The summed E-state index contributed by atoms with van der Waals surface area (Å²) in [5.41, 5.74) is 2.63. The standard InChI is InChI=1S/C17H19Cl2N3O/c1-22(2)13-8-6-12(7-9-13)20-11-10-16(23)21-15-5-3-4-14(18)17(15)19/h3-9,20H,10-11H2,1-2H3,(H,21,23). The van der Waals surface area contributed by atoms with E-state index >= 15 is 0 Å². The van der Waals surface area contributed by atoms with Crippen molar-refractivity contribution < 1.29 is 4.79 Å². The van der Waals surface area contributed by atoms with Crippen LogP contribution in [-0.4, -0.2) is 26.5 Å². The number of carbonyl (C=O) groups is 1. The van der Waals surface area contributed by atoms with Crippen LogP contribution in [0.1, 0.15) is 6.42 Å². The third-order valence-corrected chi connectivity index (χ3v) is 4.11. The Hall–Kier alpha value is -1.91. The zero-order chi connectivity index (χ0) is 16.8. The second-order valence-electron chi connectivity index (χ2n) is 5.27. The van der Waals surface area contributed by atoms with Crippen LogP contribution in [0.5, 0.6) is 0 Å². The number of hydrogen-bond donors (Lipinski definition) is 2.